The van der Waals surface area contributed by atoms with Crippen LogP contribution in [0.25, 0.3) is 0 Å². The molecular formula is C15H17FN2O. The fourth-order valence-electron chi connectivity index (χ4n) is 2.47. The van der Waals surface area contributed by atoms with Gasteiger partial charge in [-0.1, -0.05) is 25.7 Å². The highest BCUT2D eigenvalue weighted by atomic mass is 19.1. The van der Waals surface area contributed by atoms with E-state index in [-0.39, 0.29) is 17.4 Å². The number of halogens is 1. The van der Waals surface area contributed by atoms with E-state index in [1.165, 1.54) is 31.0 Å². The van der Waals surface area contributed by atoms with E-state index in [9.17, 15) is 9.18 Å². The van der Waals surface area contributed by atoms with Gasteiger partial charge in [0, 0.05) is 11.6 Å². The van der Waals surface area contributed by atoms with Crippen LogP contribution in [0.4, 0.5) is 10.1 Å². The molecule has 100 valence electrons. The third kappa shape index (κ3) is 3.54. The van der Waals surface area contributed by atoms with Gasteiger partial charge in [0.1, 0.15) is 11.9 Å². The first-order valence-corrected chi connectivity index (χ1v) is 6.71. The molecule has 0 atom stereocenters. The number of nitrogens with zero attached hydrogens (tertiary/aromatic N) is 1. The molecule has 0 radical (unpaired) electrons. The van der Waals surface area contributed by atoms with Crippen molar-refractivity contribution in [1.82, 2.24) is 0 Å². The second kappa shape index (κ2) is 6.33. The van der Waals surface area contributed by atoms with Gasteiger partial charge in [0.05, 0.1) is 5.56 Å². The molecule has 4 heteroatoms. The molecule has 0 aromatic heterocycles. The zero-order chi connectivity index (χ0) is 13.7. The summed E-state index contributed by atoms with van der Waals surface area (Å²) in [5.41, 5.74) is 0.450. The number of nitriles is 1. The topological polar surface area (TPSA) is 52.9 Å². The number of nitrogens with one attached hydrogen (secondary N) is 1. The monoisotopic (exact) mass is 260 g/mol. The molecular weight excluding hydrogens is 243 g/mol. The van der Waals surface area contributed by atoms with Crippen LogP contribution in [0.5, 0.6) is 0 Å². The maximum absolute atomic E-state index is 13.2. The first-order valence-electron chi connectivity index (χ1n) is 6.71. The van der Waals surface area contributed by atoms with Crippen LogP contribution in [0.1, 0.15) is 44.1 Å². The number of carbonyl (C=O) groups is 1. The maximum Gasteiger partial charge on any atom is 0.227 e. The van der Waals surface area contributed by atoms with Gasteiger partial charge in [-0.05, 0) is 31.0 Å². The minimum Gasteiger partial charge on any atom is -0.326 e. The molecule has 1 amide bonds. The Hall–Kier alpha value is -1.89. The average Bonchev–Trinajstić information content (AvgIpc) is 2.70. The van der Waals surface area contributed by atoms with E-state index < -0.39 is 5.82 Å². The number of benzene rings is 1. The lowest BCUT2D eigenvalue weighted by molar-refractivity contribution is -0.120. The Bertz CT molecular complexity index is 499. The van der Waals surface area contributed by atoms with Crippen LogP contribution in [0, 0.1) is 23.1 Å². The van der Waals surface area contributed by atoms with Crippen molar-refractivity contribution in [2.75, 3.05) is 5.32 Å². The number of rotatable bonds is 2. The molecule has 1 saturated carbocycles. The standard InChI is InChI=1S/C15H17FN2O/c16-14-8-7-13(9-12(14)10-17)18-15(19)11-5-3-1-2-4-6-11/h7-9,11H,1-6H2,(H,18,19). The Kier molecular flexibility index (Phi) is 4.51. The fourth-order valence-corrected chi connectivity index (χ4v) is 2.47. The van der Waals surface area contributed by atoms with Gasteiger partial charge in [-0.25, -0.2) is 4.39 Å². The summed E-state index contributed by atoms with van der Waals surface area (Å²) in [5.74, 6) is -0.537. The zero-order valence-corrected chi connectivity index (χ0v) is 10.8. The predicted molar refractivity (Wildman–Crippen MR) is 70.9 cm³/mol. The second-order valence-electron chi connectivity index (χ2n) is 4.98. The first-order chi connectivity index (χ1) is 9.20. The summed E-state index contributed by atoms with van der Waals surface area (Å²) in [5, 5.41) is 11.5. The predicted octanol–water partition coefficient (Wildman–Crippen LogP) is 3.61. The van der Waals surface area contributed by atoms with E-state index in [0.717, 1.165) is 25.7 Å². The Labute approximate surface area is 112 Å². The number of hydrogen-bond donors (Lipinski definition) is 1. The molecule has 19 heavy (non-hydrogen) atoms. The molecule has 0 unspecified atom stereocenters. The van der Waals surface area contributed by atoms with Gasteiger partial charge in [0.2, 0.25) is 5.91 Å². The van der Waals surface area contributed by atoms with Crippen LogP contribution >= 0.6 is 0 Å². The largest absolute Gasteiger partial charge is 0.326 e. The number of anilines is 1. The van der Waals surface area contributed by atoms with Gasteiger partial charge in [-0.2, -0.15) is 5.26 Å². The van der Waals surface area contributed by atoms with Gasteiger partial charge in [0.15, 0.2) is 0 Å². The van der Waals surface area contributed by atoms with Crippen LogP contribution in [-0.2, 0) is 4.79 Å². The highest BCUT2D eigenvalue weighted by Crippen LogP contribution is 2.24. The van der Waals surface area contributed by atoms with Crippen LogP contribution < -0.4 is 5.32 Å². The Morgan fingerprint density at radius 2 is 1.95 bits per heavy atom. The summed E-state index contributed by atoms with van der Waals surface area (Å²) in [6.07, 6.45) is 6.39. The molecule has 1 aromatic rings. The molecule has 0 aliphatic heterocycles. The molecule has 1 aliphatic carbocycles. The summed E-state index contributed by atoms with van der Waals surface area (Å²) >= 11 is 0. The summed E-state index contributed by atoms with van der Waals surface area (Å²) in [7, 11) is 0. The number of carbonyl (C=O) groups excluding carboxylic acids is 1. The van der Waals surface area contributed by atoms with Crippen LogP contribution in [-0.4, -0.2) is 5.91 Å². The molecule has 1 fully saturated rings. The van der Waals surface area contributed by atoms with E-state index in [4.69, 9.17) is 5.26 Å². The minimum atomic E-state index is -0.560. The third-order valence-electron chi connectivity index (χ3n) is 3.58. The zero-order valence-electron chi connectivity index (χ0n) is 10.8. The van der Waals surface area contributed by atoms with Crippen LogP contribution in [0.15, 0.2) is 18.2 Å². The highest BCUT2D eigenvalue weighted by Gasteiger charge is 2.20. The van der Waals surface area contributed by atoms with Crippen molar-refractivity contribution >= 4 is 11.6 Å². The Balaban J connectivity index is 2.04. The Morgan fingerprint density at radius 1 is 1.26 bits per heavy atom. The van der Waals surface area contributed by atoms with Crippen molar-refractivity contribution in [3.05, 3.63) is 29.6 Å². The van der Waals surface area contributed by atoms with Gasteiger partial charge >= 0.3 is 0 Å². The normalized spacial score (nSPS) is 16.4. The molecule has 0 heterocycles. The van der Waals surface area contributed by atoms with Gasteiger partial charge in [0.25, 0.3) is 0 Å². The average molecular weight is 260 g/mol. The SMILES string of the molecule is N#Cc1cc(NC(=O)C2CCCCCC2)ccc1F. The van der Waals surface area contributed by atoms with Crippen molar-refractivity contribution in [2.45, 2.75) is 38.5 Å². The van der Waals surface area contributed by atoms with E-state index >= 15 is 0 Å². The number of hydrogen-bond acceptors (Lipinski definition) is 2. The molecule has 1 N–H and O–H groups in total. The molecule has 0 saturated heterocycles. The highest BCUT2D eigenvalue weighted by molar-refractivity contribution is 5.92. The smallest absolute Gasteiger partial charge is 0.227 e. The van der Waals surface area contributed by atoms with Crippen LogP contribution in [0.3, 0.4) is 0 Å². The van der Waals surface area contributed by atoms with Crippen molar-refractivity contribution in [1.29, 1.82) is 5.26 Å². The minimum absolute atomic E-state index is 0.0163. The molecule has 1 aliphatic rings. The lowest BCUT2D eigenvalue weighted by Gasteiger charge is -2.14. The van der Waals surface area contributed by atoms with Crippen molar-refractivity contribution in [3.63, 3.8) is 0 Å². The molecule has 1 aromatic carbocycles. The van der Waals surface area contributed by atoms with Crippen molar-refractivity contribution < 1.29 is 9.18 Å². The Morgan fingerprint density at radius 3 is 2.58 bits per heavy atom. The molecule has 3 nitrogen and oxygen atoms in total. The number of amides is 1. The van der Waals surface area contributed by atoms with Gasteiger partial charge < -0.3 is 5.32 Å². The summed E-state index contributed by atoms with van der Waals surface area (Å²) in [4.78, 5) is 12.1. The molecule has 2 rings (SSSR count). The van der Waals surface area contributed by atoms with Crippen molar-refractivity contribution in [3.8, 4) is 6.07 Å². The fraction of sp³-hybridized carbons (Fsp3) is 0.467. The van der Waals surface area contributed by atoms with Crippen LogP contribution in [0.2, 0.25) is 0 Å². The van der Waals surface area contributed by atoms with Gasteiger partial charge in [-0.3, -0.25) is 4.79 Å². The first kappa shape index (κ1) is 13.5. The van der Waals surface area contributed by atoms with E-state index in [1.54, 1.807) is 6.07 Å². The third-order valence-corrected chi connectivity index (χ3v) is 3.58. The van der Waals surface area contributed by atoms with Crippen molar-refractivity contribution in [2.24, 2.45) is 5.92 Å². The molecule has 0 spiro atoms. The second-order valence-corrected chi connectivity index (χ2v) is 4.98. The quantitative estimate of drug-likeness (QED) is 0.826. The molecule has 0 bridgehead atoms. The lowest BCUT2D eigenvalue weighted by Crippen LogP contribution is -2.22. The summed E-state index contributed by atoms with van der Waals surface area (Å²) in [6, 6.07) is 5.85. The van der Waals surface area contributed by atoms with E-state index in [1.807, 2.05) is 0 Å². The summed E-state index contributed by atoms with van der Waals surface area (Å²) < 4.78 is 13.2. The van der Waals surface area contributed by atoms with Gasteiger partial charge in [-0.15, -0.1) is 0 Å². The van der Waals surface area contributed by atoms with E-state index in [2.05, 4.69) is 5.32 Å². The summed E-state index contributed by atoms with van der Waals surface area (Å²) in [6.45, 7) is 0. The van der Waals surface area contributed by atoms with E-state index in [0.29, 0.717) is 5.69 Å². The lowest BCUT2D eigenvalue weighted by atomic mass is 9.99. The maximum atomic E-state index is 13.2.